The quantitative estimate of drug-likeness (QED) is 0.167. The molecule has 0 aliphatic heterocycles. The Morgan fingerprint density at radius 1 is 1.08 bits per heavy atom. The van der Waals surface area contributed by atoms with E-state index in [1.54, 1.807) is 12.5 Å². The van der Waals surface area contributed by atoms with E-state index in [0.29, 0.717) is 5.16 Å². The van der Waals surface area contributed by atoms with Crippen LogP contribution in [-0.2, 0) is 10.2 Å². The Labute approximate surface area is 221 Å². The van der Waals surface area contributed by atoms with Gasteiger partial charge in [-0.3, -0.25) is 9.36 Å². The van der Waals surface area contributed by atoms with Gasteiger partial charge in [-0.2, -0.15) is 5.10 Å². The Balaban J connectivity index is 1.51. The number of furan rings is 1. The van der Waals surface area contributed by atoms with Crippen molar-refractivity contribution in [3.05, 3.63) is 89.4 Å². The first-order valence-corrected chi connectivity index (χ1v) is 13.0. The number of hydrazone groups is 1. The van der Waals surface area contributed by atoms with Crippen LogP contribution < -0.4 is 5.43 Å². The minimum atomic E-state index is -0.235. The lowest BCUT2D eigenvalue weighted by atomic mass is 9.87. The average molecular weight is 514 g/mol. The highest BCUT2D eigenvalue weighted by molar-refractivity contribution is 7.99. The van der Waals surface area contributed by atoms with Gasteiger partial charge in [0.05, 0.1) is 18.2 Å². The summed E-state index contributed by atoms with van der Waals surface area (Å²) in [5, 5.41) is 13.6. The molecule has 0 unspecified atom stereocenters. The normalized spacial score (nSPS) is 12.3. The van der Waals surface area contributed by atoms with Crippen LogP contribution in [0, 0.1) is 6.92 Å². The summed E-state index contributed by atoms with van der Waals surface area (Å²) in [6.07, 6.45) is 5.03. The molecule has 4 aromatic rings. The lowest BCUT2D eigenvalue weighted by molar-refractivity contribution is -0.118. The zero-order chi connectivity index (χ0) is 26.4. The summed E-state index contributed by atoms with van der Waals surface area (Å²) < 4.78 is 7.27. The first kappa shape index (κ1) is 26.2. The fourth-order valence-electron chi connectivity index (χ4n) is 3.60. The highest BCUT2D eigenvalue weighted by atomic mass is 32.2. The molecule has 4 rings (SSSR count). The molecular formula is C29H31N5O2S. The number of aryl methyl sites for hydroxylation is 1. The van der Waals surface area contributed by atoms with Crippen molar-refractivity contribution in [2.45, 2.75) is 45.2 Å². The Kier molecular flexibility index (Phi) is 8.08. The Morgan fingerprint density at radius 3 is 2.46 bits per heavy atom. The number of carbonyl (C=O) groups is 1. The summed E-state index contributed by atoms with van der Waals surface area (Å²) in [7, 11) is 0. The van der Waals surface area contributed by atoms with Gasteiger partial charge in [-0.15, -0.1) is 10.2 Å². The minimum absolute atomic E-state index is 0.0626. The third kappa shape index (κ3) is 6.86. The van der Waals surface area contributed by atoms with Gasteiger partial charge in [-0.1, -0.05) is 74.5 Å². The molecule has 8 heteroatoms. The highest BCUT2D eigenvalue weighted by Gasteiger charge is 2.19. The van der Waals surface area contributed by atoms with Crippen LogP contribution in [0.4, 0.5) is 0 Å². The molecular weight excluding hydrogens is 482 g/mol. The van der Waals surface area contributed by atoms with E-state index >= 15 is 0 Å². The SMILES string of the molecule is CC(C=NNC(=O)CSc1nnc(-c2ccc(C(C)(C)C)cc2)n1-c1ccc(C)cc1)=Cc1ccco1. The molecule has 0 aliphatic rings. The van der Waals surface area contributed by atoms with Crippen molar-refractivity contribution in [3.8, 4) is 17.1 Å². The van der Waals surface area contributed by atoms with Gasteiger partial charge in [0.15, 0.2) is 11.0 Å². The summed E-state index contributed by atoms with van der Waals surface area (Å²) in [4.78, 5) is 12.5. The molecule has 190 valence electrons. The monoisotopic (exact) mass is 513 g/mol. The van der Waals surface area contributed by atoms with Crippen molar-refractivity contribution in [2.24, 2.45) is 5.10 Å². The number of hydrogen-bond acceptors (Lipinski definition) is 6. The van der Waals surface area contributed by atoms with Gasteiger partial charge in [-0.05, 0) is 60.7 Å². The van der Waals surface area contributed by atoms with Crippen LogP contribution in [-0.4, -0.2) is 32.6 Å². The molecule has 0 bridgehead atoms. The van der Waals surface area contributed by atoms with Gasteiger partial charge in [0, 0.05) is 11.3 Å². The second-order valence-electron chi connectivity index (χ2n) is 9.79. The molecule has 0 aliphatic carbocycles. The predicted molar refractivity (Wildman–Crippen MR) is 150 cm³/mol. The van der Waals surface area contributed by atoms with E-state index in [1.165, 1.54) is 17.3 Å². The number of aromatic nitrogens is 3. The molecule has 0 saturated carbocycles. The number of nitrogens with zero attached hydrogens (tertiary/aromatic N) is 4. The Morgan fingerprint density at radius 2 is 1.81 bits per heavy atom. The number of amides is 1. The second kappa shape index (κ2) is 11.4. The van der Waals surface area contributed by atoms with Crippen LogP contribution >= 0.6 is 11.8 Å². The molecule has 2 heterocycles. The topological polar surface area (TPSA) is 85.3 Å². The molecule has 2 aromatic heterocycles. The fraction of sp³-hybridized carbons (Fsp3) is 0.241. The van der Waals surface area contributed by atoms with Crippen molar-refractivity contribution in [1.29, 1.82) is 0 Å². The second-order valence-corrected chi connectivity index (χ2v) is 10.7. The summed E-state index contributed by atoms with van der Waals surface area (Å²) in [5.41, 5.74) is 7.79. The number of carbonyl (C=O) groups excluding carboxylic acids is 1. The first-order valence-electron chi connectivity index (χ1n) is 12.0. The molecule has 0 fully saturated rings. The zero-order valence-electron chi connectivity index (χ0n) is 21.7. The summed E-state index contributed by atoms with van der Waals surface area (Å²) in [6, 6.07) is 20.2. The molecule has 1 amide bonds. The van der Waals surface area contributed by atoms with Crippen LogP contribution in [0.15, 0.2) is 87.2 Å². The molecule has 0 saturated heterocycles. The van der Waals surface area contributed by atoms with Crippen molar-refractivity contribution >= 4 is 30.0 Å². The van der Waals surface area contributed by atoms with Crippen LogP contribution in [0.2, 0.25) is 0 Å². The van der Waals surface area contributed by atoms with E-state index in [2.05, 4.69) is 77.9 Å². The minimum Gasteiger partial charge on any atom is -0.465 e. The van der Waals surface area contributed by atoms with E-state index in [1.807, 2.05) is 48.8 Å². The van der Waals surface area contributed by atoms with E-state index in [-0.39, 0.29) is 17.1 Å². The smallest absolute Gasteiger partial charge is 0.250 e. The molecule has 0 radical (unpaired) electrons. The van der Waals surface area contributed by atoms with Crippen molar-refractivity contribution in [3.63, 3.8) is 0 Å². The van der Waals surface area contributed by atoms with Gasteiger partial charge in [-0.25, -0.2) is 5.43 Å². The standard InChI is InChI=1S/C29H31N5O2S/c1-20-8-14-24(15-9-20)34-27(22-10-12-23(13-11-22)29(3,4)5)32-33-28(34)37-19-26(35)31-30-18-21(2)17-25-7-6-16-36-25/h6-18H,19H2,1-5H3,(H,31,35). The number of benzene rings is 2. The number of hydrogen-bond donors (Lipinski definition) is 1. The van der Waals surface area contributed by atoms with Gasteiger partial charge in [0.2, 0.25) is 0 Å². The zero-order valence-corrected chi connectivity index (χ0v) is 22.5. The average Bonchev–Trinajstić information content (AvgIpc) is 3.53. The van der Waals surface area contributed by atoms with Crippen LogP contribution in [0.3, 0.4) is 0 Å². The maximum absolute atomic E-state index is 12.5. The lowest BCUT2D eigenvalue weighted by Crippen LogP contribution is -2.20. The van der Waals surface area contributed by atoms with E-state index in [0.717, 1.165) is 34.0 Å². The fourth-order valence-corrected chi connectivity index (χ4v) is 4.34. The van der Waals surface area contributed by atoms with E-state index in [9.17, 15) is 4.79 Å². The van der Waals surface area contributed by atoms with Gasteiger partial charge in [0.25, 0.3) is 5.91 Å². The van der Waals surface area contributed by atoms with E-state index < -0.39 is 0 Å². The van der Waals surface area contributed by atoms with Crippen LogP contribution in [0.25, 0.3) is 23.2 Å². The van der Waals surface area contributed by atoms with Gasteiger partial charge >= 0.3 is 0 Å². The first-order chi connectivity index (χ1) is 17.7. The largest absolute Gasteiger partial charge is 0.465 e. The molecule has 2 aromatic carbocycles. The molecule has 1 N–H and O–H groups in total. The maximum Gasteiger partial charge on any atom is 0.250 e. The number of thioether (sulfide) groups is 1. The van der Waals surface area contributed by atoms with Crippen molar-refractivity contribution < 1.29 is 9.21 Å². The third-order valence-corrected chi connectivity index (χ3v) is 6.57. The molecule has 0 spiro atoms. The molecule has 7 nitrogen and oxygen atoms in total. The molecule has 0 atom stereocenters. The predicted octanol–water partition coefficient (Wildman–Crippen LogP) is 6.43. The van der Waals surface area contributed by atoms with Gasteiger partial charge in [0.1, 0.15) is 5.76 Å². The van der Waals surface area contributed by atoms with Crippen LogP contribution in [0.5, 0.6) is 0 Å². The molecule has 37 heavy (non-hydrogen) atoms. The van der Waals surface area contributed by atoms with Crippen molar-refractivity contribution in [2.75, 3.05) is 5.75 Å². The van der Waals surface area contributed by atoms with E-state index in [4.69, 9.17) is 4.42 Å². The van der Waals surface area contributed by atoms with Crippen molar-refractivity contribution in [1.82, 2.24) is 20.2 Å². The number of nitrogens with one attached hydrogen (secondary N) is 1. The maximum atomic E-state index is 12.5. The Bertz CT molecular complexity index is 1390. The summed E-state index contributed by atoms with van der Waals surface area (Å²) >= 11 is 1.31. The van der Waals surface area contributed by atoms with Gasteiger partial charge < -0.3 is 4.42 Å². The Hall–Kier alpha value is -3.91. The summed E-state index contributed by atoms with van der Waals surface area (Å²) in [6.45, 7) is 10.5. The highest BCUT2D eigenvalue weighted by Crippen LogP contribution is 2.30. The third-order valence-electron chi connectivity index (χ3n) is 5.64. The summed E-state index contributed by atoms with van der Waals surface area (Å²) in [5.74, 6) is 1.36. The number of allylic oxidation sites excluding steroid dienone is 1. The van der Waals surface area contributed by atoms with Crippen LogP contribution in [0.1, 0.15) is 44.6 Å². The number of rotatable bonds is 8. The lowest BCUT2D eigenvalue weighted by Gasteiger charge is -2.19.